The Labute approximate surface area is 192 Å². The molecule has 0 aliphatic heterocycles. The second-order valence-electron chi connectivity index (χ2n) is 7.30. The molecule has 0 aliphatic carbocycles. The third-order valence-electron chi connectivity index (χ3n) is 5.03. The number of nitrogens with zero attached hydrogens (tertiary/aromatic N) is 3. The van der Waals surface area contributed by atoms with E-state index in [4.69, 9.17) is 4.74 Å². The Morgan fingerprint density at radius 2 is 1.90 bits per heavy atom. The first-order chi connectivity index (χ1) is 13.4. The summed E-state index contributed by atoms with van der Waals surface area (Å²) in [5.74, 6) is 0.822. The van der Waals surface area contributed by atoms with Gasteiger partial charge in [-0.15, -0.1) is 24.0 Å². The van der Waals surface area contributed by atoms with E-state index in [0.717, 1.165) is 31.0 Å². The highest BCUT2D eigenvalue weighted by Gasteiger charge is 2.14. The van der Waals surface area contributed by atoms with E-state index in [1.165, 1.54) is 16.8 Å². The van der Waals surface area contributed by atoms with Gasteiger partial charge in [-0.05, 0) is 51.7 Å². The Kier molecular flexibility index (Phi) is 11.3. The van der Waals surface area contributed by atoms with Crippen molar-refractivity contribution in [2.24, 2.45) is 12.0 Å². The smallest absolute Gasteiger partial charge is 0.191 e. The molecular weight excluding hydrogens is 477 g/mol. The largest absolute Gasteiger partial charge is 0.374 e. The van der Waals surface area contributed by atoms with Crippen LogP contribution in [-0.4, -0.2) is 42.0 Å². The molecule has 162 valence electrons. The van der Waals surface area contributed by atoms with Crippen LogP contribution in [0.5, 0.6) is 0 Å². The lowest BCUT2D eigenvalue weighted by Gasteiger charge is -2.18. The summed E-state index contributed by atoms with van der Waals surface area (Å²) in [6.07, 6.45) is 1.96. The van der Waals surface area contributed by atoms with Crippen LogP contribution in [0.15, 0.2) is 35.3 Å². The molecular formula is C22H36IN5O. The molecule has 0 saturated heterocycles. The first-order valence-corrected chi connectivity index (χ1v) is 10.0. The molecule has 1 aromatic heterocycles. The number of nitrogens with one attached hydrogen (secondary N) is 2. The van der Waals surface area contributed by atoms with Gasteiger partial charge in [0.2, 0.25) is 0 Å². The molecule has 2 atom stereocenters. The van der Waals surface area contributed by atoms with Crippen LogP contribution in [0.2, 0.25) is 0 Å². The summed E-state index contributed by atoms with van der Waals surface area (Å²) < 4.78 is 7.87. The van der Waals surface area contributed by atoms with Gasteiger partial charge in [-0.2, -0.15) is 5.10 Å². The summed E-state index contributed by atoms with van der Waals surface area (Å²) in [4.78, 5) is 4.33. The van der Waals surface area contributed by atoms with Gasteiger partial charge in [-0.1, -0.05) is 30.3 Å². The zero-order chi connectivity index (χ0) is 20.5. The predicted octanol–water partition coefficient (Wildman–Crippen LogP) is 3.92. The van der Waals surface area contributed by atoms with Crippen LogP contribution in [0.3, 0.4) is 0 Å². The Morgan fingerprint density at radius 1 is 1.21 bits per heavy atom. The van der Waals surface area contributed by atoms with Crippen molar-refractivity contribution in [3.05, 3.63) is 52.8 Å². The number of aromatic nitrogens is 2. The van der Waals surface area contributed by atoms with Gasteiger partial charge in [-0.3, -0.25) is 9.67 Å². The van der Waals surface area contributed by atoms with E-state index in [1.54, 1.807) is 7.05 Å². The quantitative estimate of drug-likeness (QED) is 0.231. The summed E-state index contributed by atoms with van der Waals surface area (Å²) in [7, 11) is 3.79. The Bertz CT molecular complexity index is 760. The molecule has 0 saturated carbocycles. The van der Waals surface area contributed by atoms with Crippen LogP contribution < -0.4 is 10.6 Å². The first-order valence-electron chi connectivity index (χ1n) is 10.0. The normalized spacial score (nSPS) is 13.5. The van der Waals surface area contributed by atoms with E-state index >= 15 is 0 Å². The van der Waals surface area contributed by atoms with E-state index in [-0.39, 0.29) is 36.1 Å². The van der Waals surface area contributed by atoms with Crippen molar-refractivity contribution in [3.63, 3.8) is 0 Å². The summed E-state index contributed by atoms with van der Waals surface area (Å²) in [5.41, 5.74) is 4.84. The molecule has 2 rings (SSSR count). The molecule has 0 bridgehead atoms. The van der Waals surface area contributed by atoms with Gasteiger partial charge in [0.1, 0.15) is 0 Å². The van der Waals surface area contributed by atoms with E-state index in [2.05, 4.69) is 60.6 Å². The molecule has 6 nitrogen and oxygen atoms in total. The van der Waals surface area contributed by atoms with Crippen molar-refractivity contribution in [2.75, 3.05) is 20.2 Å². The van der Waals surface area contributed by atoms with E-state index in [9.17, 15) is 0 Å². The number of aliphatic imine (C=N–C) groups is 1. The van der Waals surface area contributed by atoms with E-state index in [1.807, 2.05) is 29.9 Å². The number of aryl methyl sites for hydroxylation is 2. The Morgan fingerprint density at radius 3 is 2.48 bits per heavy atom. The first kappa shape index (κ1) is 25.4. The van der Waals surface area contributed by atoms with Gasteiger partial charge in [0.05, 0.1) is 11.8 Å². The van der Waals surface area contributed by atoms with E-state index < -0.39 is 0 Å². The van der Waals surface area contributed by atoms with Gasteiger partial charge in [0, 0.05) is 39.0 Å². The monoisotopic (exact) mass is 513 g/mol. The average molecular weight is 513 g/mol. The topological polar surface area (TPSA) is 63.5 Å². The van der Waals surface area contributed by atoms with Gasteiger partial charge >= 0.3 is 0 Å². The minimum absolute atomic E-state index is 0. The van der Waals surface area contributed by atoms with Gasteiger partial charge in [0.25, 0.3) is 0 Å². The van der Waals surface area contributed by atoms with Crippen LogP contribution in [0.1, 0.15) is 48.9 Å². The molecule has 0 radical (unpaired) electrons. The fraction of sp³-hybridized carbons (Fsp3) is 0.545. The van der Waals surface area contributed by atoms with Crippen molar-refractivity contribution in [1.82, 2.24) is 20.4 Å². The Hall–Kier alpha value is -1.61. The number of hydrogen-bond donors (Lipinski definition) is 2. The highest BCUT2D eigenvalue weighted by Crippen LogP contribution is 2.16. The number of rotatable bonds is 9. The highest BCUT2D eigenvalue weighted by molar-refractivity contribution is 14.0. The summed E-state index contributed by atoms with van der Waals surface area (Å²) in [5, 5.41) is 11.3. The van der Waals surface area contributed by atoms with Crippen LogP contribution >= 0.6 is 24.0 Å². The van der Waals surface area contributed by atoms with Crippen LogP contribution in [0.25, 0.3) is 0 Å². The molecule has 2 unspecified atom stereocenters. The number of guanidine groups is 1. The zero-order valence-corrected chi connectivity index (χ0v) is 20.9. The lowest BCUT2D eigenvalue weighted by molar-refractivity contribution is 0.0646. The third-order valence-corrected chi connectivity index (χ3v) is 5.03. The number of benzene rings is 1. The maximum atomic E-state index is 5.92. The lowest BCUT2D eigenvalue weighted by atomic mass is 10.1. The van der Waals surface area contributed by atoms with Crippen molar-refractivity contribution in [1.29, 1.82) is 0 Å². The molecule has 1 heterocycles. The van der Waals surface area contributed by atoms with Crippen molar-refractivity contribution < 1.29 is 4.74 Å². The molecule has 1 aromatic carbocycles. The van der Waals surface area contributed by atoms with Crippen molar-refractivity contribution >= 4 is 29.9 Å². The molecule has 0 fully saturated rings. The molecule has 7 heteroatoms. The molecule has 29 heavy (non-hydrogen) atoms. The lowest BCUT2D eigenvalue weighted by Crippen LogP contribution is -2.43. The van der Waals surface area contributed by atoms with Gasteiger partial charge < -0.3 is 15.4 Å². The maximum Gasteiger partial charge on any atom is 0.191 e. The minimum Gasteiger partial charge on any atom is -0.374 e. The van der Waals surface area contributed by atoms with Crippen molar-refractivity contribution in [3.8, 4) is 0 Å². The minimum atomic E-state index is 0. The summed E-state index contributed by atoms with van der Waals surface area (Å²) in [6, 6.07) is 10.6. The Balaban J connectivity index is 0.00000420. The van der Waals surface area contributed by atoms with Crippen molar-refractivity contribution in [2.45, 2.75) is 52.7 Å². The standard InChI is InChI=1S/C22H35N5O.HI/c1-16(15-21-17(2)26-27(6)18(21)3)25-22(23-5)24-13-10-14-28-19(4)20-11-8-7-9-12-20;/h7-9,11-12,16,19H,10,13-15H2,1-6H3,(H2,23,24,25);1H. The molecule has 2 N–H and O–H groups in total. The number of hydrogen-bond acceptors (Lipinski definition) is 3. The molecule has 0 aliphatic rings. The second-order valence-corrected chi connectivity index (χ2v) is 7.30. The van der Waals surface area contributed by atoms with E-state index in [0.29, 0.717) is 6.61 Å². The maximum absolute atomic E-state index is 5.92. The third kappa shape index (κ3) is 7.97. The fourth-order valence-corrected chi connectivity index (χ4v) is 3.26. The molecule has 0 spiro atoms. The second kappa shape index (κ2) is 12.8. The van der Waals surface area contributed by atoms with Crippen LogP contribution in [0, 0.1) is 13.8 Å². The molecule has 0 amide bonds. The average Bonchev–Trinajstić information content (AvgIpc) is 2.93. The van der Waals surface area contributed by atoms with Gasteiger partial charge in [-0.25, -0.2) is 0 Å². The van der Waals surface area contributed by atoms with Crippen LogP contribution in [-0.2, 0) is 18.2 Å². The van der Waals surface area contributed by atoms with Gasteiger partial charge in [0.15, 0.2) is 5.96 Å². The highest BCUT2D eigenvalue weighted by atomic mass is 127. The summed E-state index contributed by atoms with van der Waals surface area (Å²) in [6.45, 7) is 9.98. The number of ether oxygens (including phenoxy) is 1. The van der Waals surface area contributed by atoms with Crippen LogP contribution in [0.4, 0.5) is 0 Å². The fourth-order valence-electron chi connectivity index (χ4n) is 3.26. The zero-order valence-electron chi connectivity index (χ0n) is 18.5. The molecule has 2 aromatic rings. The SMILES string of the molecule is CN=C(NCCCOC(C)c1ccccc1)NC(C)Cc1c(C)nn(C)c1C.I. The number of halogens is 1. The predicted molar refractivity (Wildman–Crippen MR) is 131 cm³/mol. The summed E-state index contributed by atoms with van der Waals surface area (Å²) >= 11 is 0.